The molecule has 1 saturated heterocycles. The lowest BCUT2D eigenvalue weighted by molar-refractivity contribution is -0.742. The van der Waals surface area contributed by atoms with E-state index in [2.05, 4.69) is 17.0 Å². The first-order chi connectivity index (χ1) is 11.9. The van der Waals surface area contributed by atoms with Crippen molar-refractivity contribution in [3.8, 4) is 0 Å². The Hall–Kier alpha value is -1.94. The zero-order valence-electron chi connectivity index (χ0n) is 13.2. The van der Waals surface area contributed by atoms with Gasteiger partial charge >= 0.3 is 0 Å². The molecule has 1 aromatic heterocycles. The van der Waals surface area contributed by atoms with Gasteiger partial charge in [-0.15, -0.1) is 10.1 Å². The van der Waals surface area contributed by atoms with Gasteiger partial charge in [0.2, 0.25) is 5.79 Å². The number of nitrogens with zero attached hydrogens (tertiary/aromatic N) is 4. The van der Waals surface area contributed by atoms with Crippen LogP contribution in [-0.2, 0) is 21.8 Å². The molecule has 1 aliphatic rings. The average Bonchev–Trinajstić information content (AvgIpc) is 3.17. The summed E-state index contributed by atoms with van der Waals surface area (Å²) in [5.74, 6) is -0.962. The number of ether oxygens (including phenoxy) is 2. The first-order valence-corrected chi connectivity index (χ1v) is 8.05. The smallest absolute Gasteiger partial charge is 0.291 e. The fourth-order valence-electron chi connectivity index (χ4n) is 2.40. The summed E-state index contributed by atoms with van der Waals surface area (Å²) in [5.41, 5.74) is 0.750. The van der Waals surface area contributed by atoms with E-state index in [1.54, 1.807) is 23.1 Å². The van der Waals surface area contributed by atoms with Crippen molar-refractivity contribution in [1.29, 1.82) is 0 Å². The third-order valence-corrected chi connectivity index (χ3v) is 4.04. The lowest BCUT2D eigenvalue weighted by Crippen LogP contribution is -2.34. The van der Waals surface area contributed by atoms with Gasteiger partial charge in [-0.1, -0.05) is 36.2 Å². The van der Waals surface area contributed by atoms with Gasteiger partial charge in [-0.25, -0.2) is 9.67 Å². The molecule has 0 radical (unpaired) electrons. The maximum atomic E-state index is 8.36. The second kappa shape index (κ2) is 8.43. The van der Waals surface area contributed by atoms with Crippen molar-refractivity contribution in [3.05, 3.63) is 56.6 Å². The summed E-state index contributed by atoms with van der Waals surface area (Å²) in [6.45, 7) is 2.96. The summed E-state index contributed by atoms with van der Waals surface area (Å²) in [5, 5.41) is 18.9. The molecule has 0 bridgehead atoms. The molecule has 2 unspecified atom stereocenters. The number of halogens is 2. The summed E-state index contributed by atoms with van der Waals surface area (Å²) < 4.78 is 13.8. The van der Waals surface area contributed by atoms with Crippen molar-refractivity contribution >= 4 is 23.2 Å². The largest absolute Gasteiger partial charge is 0.342 e. The van der Waals surface area contributed by atoms with Gasteiger partial charge in [0.05, 0.1) is 17.7 Å². The van der Waals surface area contributed by atoms with Crippen LogP contribution in [0.25, 0.3) is 0 Å². The molecule has 0 saturated carbocycles. The second-order valence-electron chi connectivity index (χ2n) is 5.17. The van der Waals surface area contributed by atoms with E-state index in [1.165, 1.54) is 6.33 Å². The molecule has 2 heterocycles. The van der Waals surface area contributed by atoms with Crippen LogP contribution in [0, 0.1) is 10.1 Å². The first-order valence-electron chi connectivity index (χ1n) is 7.29. The zero-order valence-corrected chi connectivity index (χ0v) is 14.7. The summed E-state index contributed by atoms with van der Waals surface area (Å²) in [6.07, 6.45) is 3.99. The lowest BCUT2D eigenvalue weighted by atomic mass is 10.1. The van der Waals surface area contributed by atoms with Crippen molar-refractivity contribution in [2.24, 2.45) is 0 Å². The summed E-state index contributed by atoms with van der Waals surface area (Å²) in [4.78, 5) is 12.3. The van der Waals surface area contributed by atoms with Crippen molar-refractivity contribution in [2.45, 2.75) is 31.8 Å². The molecule has 1 N–H and O–H groups in total. The van der Waals surface area contributed by atoms with Gasteiger partial charge < -0.3 is 14.7 Å². The van der Waals surface area contributed by atoms with E-state index in [1.807, 2.05) is 6.07 Å². The van der Waals surface area contributed by atoms with E-state index < -0.39 is 10.9 Å². The van der Waals surface area contributed by atoms with Crippen LogP contribution in [0.15, 0.2) is 30.9 Å². The van der Waals surface area contributed by atoms with E-state index in [4.69, 9.17) is 48.0 Å². The molecular formula is C14H16Cl2N4O5. The molecule has 25 heavy (non-hydrogen) atoms. The van der Waals surface area contributed by atoms with Crippen LogP contribution < -0.4 is 0 Å². The molecule has 1 aromatic carbocycles. The third kappa shape index (κ3) is 5.02. The van der Waals surface area contributed by atoms with Crippen LogP contribution in [-0.4, -0.2) is 37.8 Å². The monoisotopic (exact) mass is 390 g/mol. The van der Waals surface area contributed by atoms with Crippen LogP contribution >= 0.6 is 23.2 Å². The number of aromatic nitrogens is 3. The number of benzene rings is 1. The first kappa shape index (κ1) is 19.4. The predicted molar refractivity (Wildman–Crippen MR) is 88.1 cm³/mol. The highest BCUT2D eigenvalue weighted by Gasteiger charge is 2.44. The van der Waals surface area contributed by atoms with E-state index in [-0.39, 0.29) is 6.10 Å². The number of hydrogen-bond acceptors (Lipinski definition) is 6. The molecular weight excluding hydrogens is 375 g/mol. The van der Waals surface area contributed by atoms with E-state index in [0.717, 1.165) is 12.0 Å². The predicted octanol–water partition coefficient (Wildman–Crippen LogP) is 2.92. The quantitative estimate of drug-likeness (QED) is 0.630. The highest BCUT2D eigenvalue weighted by molar-refractivity contribution is 6.35. The Morgan fingerprint density at radius 1 is 1.52 bits per heavy atom. The highest BCUT2D eigenvalue weighted by atomic mass is 35.5. The van der Waals surface area contributed by atoms with Crippen LogP contribution in [0.4, 0.5) is 0 Å². The maximum Gasteiger partial charge on any atom is 0.291 e. The van der Waals surface area contributed by atoms with E-state index in [9.17, 15) is 0 Å². The minimum atomic E-state index is -1.50. The molecule has 0 spiro atoms. The van der Waals surface area contributed by atoms with Gasteiger partial charge in [0.25, 0.3) is 5.09 Å². The summed E-state index contributed by atoms with van der Waals surface area (Å²) in [6, 6.07) is 5.30. The van der Waals surface area contributed by atoms with Crippen LogP contribution in [0.5, 0.6) is 0 Å². The molecule has 0 aliphatic carbocycles. The Bertz CT molecular complexity index is 711. The summed E-state index contributed by atoms with van der Waals surface area (Å²) in [7, 11) is 0. The Labute approximate surface area is 153 Å². The molecule has 3 rings (SSSR count). The molecule has 136 valence electrons. The Morgan fingerprint density at radius 2 is 2.24 bits per heavy atom. The maximum absolute atomic E-state index is 8.36. The van der Waals surface area contributed by atoms with E-state index in [0.29, 0.717) is 23.2 Å². The molecule has 2 aromatic rings. The summed E-state index contributed by atoms with van der Waals surface area (Å²) >= 11 is 12.3. The number of hydrogen-bond donors (Lipinski definition) is 1. The Morgan fingerprint density at radius 3 is 2.76 bits per heavy atom. The van der Waals surface area contributed by atoms with Crippen LogP contribution in [0.1, 0.15) is 18.9 Å². The standard InChI is InChI=1S/C14H15Cl2N3O2.HNO3/c1-2-11-6-20-14(21-11,7-19-9-17-8-18-19)12-4-3-10(15)5-13(12)16;2-1(3)4/h3-5,8-9,11H,2,6-7H2,1H3;(H,2,3,4). The molecule has 11 heteroatoms. The van der Waals surface area contributed by atoms with Gasteiger partial charge in [-0.2, -0.15) is 5.10 Å². The fourth-order valence-corrected chi connectivity index (χ4v) is 2.95. The topological polar surface area (TPSA) is 113 Å². The lowest BCUT2D eigenvalue weighted by Gasteiger charge is -2.29. The zero-order chi connectivity index (χ0) is 18.4. The highest BCUT2D eigenvalue weighted by Crippen LogP contribution is 2.40. The van der Waals surface area contributed by atoms with Crippen LogP contribution in [0.2, 0.25) is 10.0 Å². The third-order valence-electron chi connectivity index (χ3n) is 3.49. The van der Waals surface area contributed by atoms with Crippen molar-refractivity contribution in [2.75, 3.05) is 6.61 Å². The van der Waals surface area contributed by atoms with Crippen molar-refractivity contribution in [3.63, 3.8) is 0 Å². The van der Waals surface area contributed by atoms with Gasteiger partial charge in [0, 0.05) is 10.6 Å². The Balaban J connectivity index is 0.000000511. The molecule has 0 amide bonds. The van der Waals surface area contributed by atoms with Gasteiger partial charge in [0.1, 0.15) is 19.2 Å². The number of rotatable bonds is 4. The minimum absolute atomic E-state index is 0.0280. The van der Waals surface area contributed by atoms with Gasteiger partial charge in [0.15, 0.2) is 0 Å². The SMILES string of the molecule is CCC1COC(Cn2cncn2)(c2ccc(Cl)cc2Cl)O1.O=[N+]([O-])O. The van der Waals surface area contributed by atoms with Gasteiger partial charge in [-0.3, -0.25) is 0 Å². The average molecular weight is 391 g/mol. The minimum Gasteiger partial charge on any atom is -0.342 e. The normalized spacial score (nSPS) is 22.3. The second-order valence-corrected chi connectivity index (χ2v) is 6.01. The molecule has 1 fully saturated rings. The van der Waals surface area contributed by atoms with Crippen LogP contribution in [0.3, 0.4) is 0 Å². The molecule has 2 atom stereocenters. The fraction of sp³-hybridized carbons (Fsp3) is 0.429. The molecule has 9 nitrogen and oxygen atoms in total. The Kier molecular flexibility index (Phi) is 6.54. The van der Waals surface area contributed by atoms with Crippen molar-refractivity contribution in [1.82, 2.24) is 14.8 Å². The molecule has 1 aliphatic heterocycles. The van der Waals surface area contributed by atoms with Crippen molar-refractivity contribution < 1.29 is 19.8 Å². The van der Waals surface area contributed by atoms with Gasteiger partial charge in [-0.05, 0) is 18.6 Å². The van der Waals surface area contributed by atoms with E-state index >= 15 is 0 Å².